The van der Waals surface area contributed by atoms with Crippen LogP contribution in [-0.2, 0) is 26.2 Å². The van der Waals surface area contributed by atoms with Crippen LogP contribution in [0, 0.1) is 5.82 Å². The molecule has 0 spiro atoms. The van der Waals surface area contributed by atoms with Gasteiger partial charge in [-0.2, -0.15) is 0 Å². The maximum atomic E-state index is 14.3. The number of sulfonamides is 1. The van der Waals surface area contributed by atoms with Crippen molar-refractivity contribution in [2.45, 2.75) is 52.1 Å². The molecule has 0 radical (unpaired) electrons. The van der Waals surface area contributed by atoms with E-state index in [1.54, 1.807) is 49.4 Å². The first-order valence-electron chi connectivity index (χ1n) is 12.0. The fourth-order valence-corrected chi connectivity index (χ4v) is 4.65. The highest BCUT2D eigenvalue weighted by atomic mass is 32.2. The molecule has 0 unspecified atom stereocenters. The quantitative estimate of drug-likeness (QED) is 0.383. The molecule has 0 aliphatic carbocycles. The predicted molar refractivity (Wildman–Crippen MR) is 139 cm³/mol. The Kier molecular flexibility index (Phi) is 11.2. The summed E-state index contributed by atoms with van der Waals surface area (Å²) in [7, 11) is -2.08. The molecule has 0 bridgehead atoms. The van der Waals surface area contributed by atoms with Gasteiger partial charge in [0.2, 0.25) is 21.8 Å². The summed E-state index contributed by atoms with van der Waals surface area (Å²) < 4.78 is 45.5. The molecule has 0 fully saturated rings. The summed E-state index contributed by atoms with van der Waals surface area (Å²) in [5.74, 6) is -0.544. The zero-order chi connectivity index (χ0) is 26.7. The number of unbranched alkanes of at least 4 members (excludes halogenated alkanes) is 1. The number of hydrogen-bond donors (Lipinski definition) is 1. The Morgan fingerprint density at radius 2 is 1.75 bits per heavy atom. The molecular weight excluding hydrogens is 485 g/mol. The molecule has 0 aliphatic rings. The lowest BCUT2D eigenvalue weighted by molar-refractivity contribution is -0.140. The zero-order valence-electron chi connectivity index (χ0n) is 21.4. The van der Waals surface area contributed by atoms with Crippen molar-refractivity contribution in [2.24, 2.45) is 0 Å². The Balaban J connectivity index is 2.15. The van der Waals surface area contributed by atoms with Crippen molar-refractivity contribution in [1.82, 2.24) is 10.2 Å². The number of methoxy groups -OCH3 is 1. The number of halogens is 1. The minimum Gasteiger partial charge on any atom is -0.497 e. The molecule has 0 aliphatic heterocycles. The molecule has 2 rings (SSSR count). The lowest BCUT2D eigenvalue weighted by Gasteiger charge is -2.29. The van der Waals surface area contributed by atoms with Crippen LogP contribution >= 0.6 is 0 Å². The van der Waals surface area contributed by atoms with Crippen LogP contribution in [0.4, 0.5) is 10.1 Å². The second-order valence-corrected chi connectivity index (χ2v) is 10.5. The first kappa shape index (κ1) is 29.1. The third-order valence-corrected chi connectivity index (χ3v) is 7.00. The fraction of sp³-hybridized carbons (Fsp3) is 0.462. The minimum absolute atomic E-state index is 0.0107. The zero-order valence-corrected chi connectivity index (χ0v) is 22.2. The maximum Gasteiger partial charge on any atom is 0.242 e. The normalized spacial score (nSPS) is 12.0. The molecule has 10 heteroatoms. The lowest BCUT2D eigenvalue weighted by Crippen LogP contribution is -2.48. The van der Waals surface area contributed by atoms with Crippen LogP contribution < -0.4 is 14.4 Å². The number of carbonyl (C=O) groups excluding carboxylic acids is 2. The molecule has 36 heavy (non-hydrogen) atoms. The maximum absolute atomic E-state index is 14.3. The minimum atomic E-state index is -3.60. The Morgan fingerprint density at radius 1 is 1.08 bits per heavy atom. The smallest absolute Gasteiger partial charge is 0.242 e. The first-order chi connectivity index (χ1) is 17.1. The number of anilines is 1. The van der Waals surface area contributed by atoms with Crippen LogP contribution in [0.25, 0.3) is 0 Å². The van der Waals surface area contributed by atoms with Gasteiger partial charge in [-0.15, -0.1) is 0 Å². The van der Waals surface area contributed by atoms with Crippen molar-refractivity contribution < 1.29 is 27.1 Å². The molecule has 2 amide bonds. The van der Waals surface area contributed by atoms with Crippen molar-refractivity contribution in [3.05, 3.63) is 59.9 Å². The summed E-state index contributed by atoms with van der Waals surface area (Å²) in [6, 6.07) is 11.9. The van der Waals surface area contributed by atoms with Gasteiger partial charge in [0.05, 0.1) is 19.1 Å². The van der Waals surface area contributed by atoms with E-state index in [4.69, 9.17) is 4.74 Å². The summed E-state index contributed by atoms with van der Waals surface area (Å²) in [5, 5.41) is 2.82. The number of rotatable bonds is 14. The van der Waals surface area contributed by atoms with Gasteiger partial charge in [0, 0.05) is 31.6 Å². The fourth-order valence-electron chi connectivity index (χ4n) is 3.68. The number of ether oxygens (including phenoxy) is 1. The van der Waals surface area contributed by atoms with E-state index >= 15 is 0 Å². The van der Waals surface area contributed by atoms with Gasteiger partial charge in [-0.05, 0) is 50.1 Å². The number of nitrogens with one attached hydrogen (secondary N) is 1. The largest absolute Gasteiger partial charge is 0.497 e. The van der Waals surface area contributed by atoms with Gasteiger partial charge in [-0.3, -0.25) is 13.9 Å². The third-order valence-electron chi connectivity index (χ3n) is 5.81. The lowest BCUT2D eigenvalue weighted by atomic mass is 10.1. The highest BCUT2D eigenvalue weighted by Crippen LogP contribution is 2.22. The molecule has 0 saturated carbocycles. The average Bonchev–Trinajstić information content (AvgIpc) is 2.85. The molecule has 0 aromatic heterocycles. The summed E-state index contributed by atoms with van der Waals surface area (Å²) in [5.41, 5.74) is 0.757. The van der Waals surface area contributed by atoms with Gasteiger partial charge in [0.25, 0.3) is 0 Å². The molecule has 1 N–H and O–H groups in total. The standard InChI is InChI=1S/C26H36FN3O5S/c1-5-6-17-28-26(32)20(2)29(19-21-10-7-8-11-24(21)27)25(31)12-9-18-30(36(4,33)34)22-13-15-23(35-3)16-14-22/h7-8,10-11,13-16,20H,5-6,9,12,17-19H2,1-4H3,(H,28,32)/t20-/m0/s1. The highest BCUT2D eigenvalue weighted by molar-refractivity contribution is 7.92. The van der Waals surface area contributed by atoms with Gasteiger partial charge < -0.3 is 15.0 Å². The van der Waals surface area contributed by atoms with E-state index in [9.17, 15) is 22.4 Å². The Bertz CT molecular complexity index is 1110. The van der Waals surface area contributed by atoms with Crippen molar-refractivity contribution in [3.63, 3.8) is 0 Å². The number of nitrogens with zero attached hydrogens (tertiary/aromatic N) is 2. The molecular formula is C26H36FN3O5S. The molecule has 198 valence electrons. The van der Waals surface area contributed by atoms with Crippen molar-refractivity contribution in [1.29, 1.82) is 0 Å². The highest BCUT2D eigenvalue weighted by Gasteiger charge is 2.27. The molecule has 0 saturated heterocycles. The number of hydrogen-bond acceptors (Lipinski definition) is 5. The molecule has 2 aromatic rings. The second-order valence-electron chi connectivity index (χ2n) is 8.57. The predicted octanol–water partition coefficient (Wildman–Crippen LogP) is 3.71. The van der Waals surface area contributed by atoms with Crippen LogP contribution in [0.1, 0.15) is 45.1 Å². The van der Waals surface area contributed by atoms with Gasteiger partial charge >= 0.3 is 0 Å². The average molecular weight is 522 g/mol. The van der Waals surface area contributed by atoms with E-state index in [-0.39, 0.29) is 37.7 Å². The van der Waals surface area contributed by atoms with Gasteiger partial charge in [-0.25, -0.2) is 12.8 Å². The Labute approximate surface area is 213 Å². The number of carbonyl (C=O) groups is 2. The van der Waals surface area contributed by atoms with E-state index in [0.717, 1.165) is 19.1 Å². The van der Waals surface area contributed by atoms with Crippen molar-refractivity contribution in [2.75, 3.05) is 30.8 Å². The van der Waals surface area contributed by atoms with Crippen LogP contribution in [-0.4, -0.2) is 57.6 Å². The van der Waals surface area contributed by atoms with E-state index in [0.29, 0.717) is 23.5 Å². The Hall–Kier alpha value is -3.14. The van der Waals surface area contributed by atoms with Crippen LogP contribution in [0.5, 0.6) is 5.75 Å². The van der Waals surface area contributed by atoms with Gasteiger partial charge in [0.1, 0.15) is 17.6 Å². The second kappa shape index (κ2) is 13.8. The van der Waals surface area contributed by atoms with E-state index in [1.807, 2.05) is 6.92 Å². The van der Waals surface area contributed by atoms with Crippen molar-refractivity contribution in [3.8, 4) is 5.75 Å². The van der Waals surface area contributed by atoms with Crippen LogP contribution in [0.2, 0.25) is 0 Å². The first-order valence-corrected chi connectivity index (χ1v) is 13.9. The van der Waals surface area contributed by atoms with E-state index < -0.39 is 21.9 Å². The van der Waals surface area contributed by atoms with Crippen molar-refractivity contribution >= 4 is 27.5 Å². The molecule has 1 atom stereocenters. The summed E-state index contributed by atoms with van der Waals surface area (Å²) in [6.45, 7) is 4.12. The number of benzene rings is 2. The topological polar surface area (TPSA) is 96.0 Å². The molecule has 8 nitrogen and oxygen atoms in total. The van der Waals surface area contributed by atoms with E-state index in [1.165, 1.54) is 22.4 Å². The monoisotopic (exact) mass is 521 g/mol. The Morgan fingerprint density at radius 3 is 2.33 bits per heavy atom. The van der Waals surface area contributed by atoms with Gasteiger partial charge in [-0.1, -0.05) is 31.5 Å². The van der Waals surface area contributed by atoms with Gasteiger partial charge in [0.15, 0.2) is 0 Å². The number of amides is 2. The van der Waals surface area contributed by atoms with Crippen LogP contribution in [0.3, 0.4) is 0 Å². The van der Waals surface area contributed by atoms with Crippen LogP contribution in [0.15, 0.2) is 48.5 Å². The molecule has 2 aromatic carbocycles. The SMILES string of the molecule is CCCCNC(=O)[C@H](C)N(Cc1ccccc1F)C(=O)CCCN(c1ccc(OC)cc1)S(C)(=O)=O. The summed E-state index contributed by atoms with van der Waals surface area (Å²) >= 11 is 0. The third kappa shape index (κ3) is 8.51. The van der Waals surface area contributed by atoms with E-state index in [2.05, 4.69) is 5.32 Å². The summed E-state index contributed by atoms with van der Waals surface area (Å²) in [4.78, 5) is 27.3. The summed E-state index contributed by atoms with van der Waals surface area (Å²) in [6.07, 6.45) is 3.04. The molecule has 0 heterocycles.